The maximum absolute atomic E-state index is 5.87. The van der Waals surface area contributed by atoms with Gasteiger partial charge in [0.05, 0.1) is 11.3 Å². The van der Waals surface area contributed by atoms with Crippen molar-refractivity contribution in [1.29, 1.82) is 0 Å². The minimum Gasteiger partial charge on any atom is -0.490 e. The molecule has 3 heterocycles. The summed E-state index contributed by atoms with van der Waals surface area (Å²) in [4.78, 5) is 4.19. The summed E-state index contributed by atoms with van der Waals surface area (Å²) >= 11 is 1.65. The van der Waals surface area contributed by atoms with Crippen LogP contribution >= 0.6 is 11.3 Å². The molecule has 6 heteroatoms. The molecular formula is C20H17N3O2S. The van der Waals surface area contributed by atoms with Crippen molar-refractivity contribution in [3.05, 3.63) is 60.2 Å². The second-order valence-electron chi connectivity index (χ2n) is 5.64. The van der Waals surface area contributed by atoms with Gasteiger partial charge in [0.25, 0.3) is 0 Å². The van der Waals surface area contributed by atoms with Gasteiger partial charge in [0, 0.05) is 36.0 Å². The van der Waals surface area contributed by atoms with Gasteiger partial charge < -0.3 is 9.47 Å². The predicted octanol–water partition coefficient (Wildman–Crippen LogP) is 4.45. The van der Waals surface area contributed by atoms with E-state index in [9.17, 15) is 0 Å². The van der Waals surface area contributed by atoms with Crippen molar-refractivity contribution in [2.24, 2.45) is 0 Å². The predicted molar refractivity (Wildman–Crippen MR) is 103 cm³/mol. The van der Waals surface area contributed by atoms with Crippen LogP contribution in [0.1, 0.15) is 0 Å². The summed E-state index contributed by atoms with van der Waals surface area (Å²) in [6, 6.07) is 13.9. The normalized spacial score (nSPS) is 11.0. The number of hydrogen-bond donors (Lipinski definition) is 0. The molecule has 3 aromatic heterocycles. The lowest BCUT2D eigenvalue weighted by molar-refractivity contribution is 0.146. The highest BCUT2D eigenvalue weighted by atomic mass is 32.1. The number of fused-ring (bicyclic) bond motifs is 1. The molecule has 0 aliphatic carbocycles. The molecule has 0 bridgehead atoms. The maximum atomic E-state index is 5.87. The average molecular weight is 363 g/mol. The first-order valence-electron chi connectivity index (χ1n) is 8.24. The minimum atomic E-state index is 0.488. The molecular weight excluding hydrogens is 346 g/mol. The van der Waals surface area contributed by atoms with Crippen LogP contribution in [-0.2, 0) is 4.74 Å². The van der Waals surface area contributed by atoms with Crippen molar-refractivity contribution in [2.75, 3.05) is 20.3 Å². The number of ether oxygens (including phenoxy) is 2. The molecule has 0 N–H and O–H groups in total. The Balaban J connectivity index is 1.81. The number of pyridine rings is 1. The van der Waals surface area contributed by atoms with Gasteiger partial charge in [-0.2, -0.15) is 0 Å². The van der Waals surface area contributed by atoms with E-state index in [0.717, 1.165) is 38.4 Å². The molecule has 0 amide bonds. The van der Waals surface area contributed by atoms with E-state index < -0.39 is 0 Å². The van der Waals surface area contributed by atoms with Crippen molar-refractivity contribution >= 4 is 21.4 Å². The van der Waals surface area contributed by atoms with Crippen LogP contribution in [0, 0.1) is 0 Å². The van der Waals surface area contributed by atoms with Gasteiger partial charge in [-0.15, -0.1) is 21.5 Å². The summed E-state index contributed by atoms with van der Waals surface area (Å²) in [6.45, 7) is 1.02. The third-order valence-electron chi connectivity index (χ3n) is 4.01. The van der Waals surface area contributed by atoms with Crippen LogP contribution in [0.15, 0.2) is 60.2 Å². The van der Waals surface area contributed by atoms with Gasteiger partial charge in [0.1, 0.15) is 23.7 Å². The highest BCUT2D eigenvalue weighted by Gasteiger charge is 2.16. The number of methoxy groups -OCH3 is 1. The van der Waals surface area contributed by atoms with Gasteiger partial charge in [-0.3, -0.25) is 4.98 Å². The second kappa shape index (κ2) is 7.59. The van der Waals surface area contributed by atoms with Crippen molar-refractivity contribution in [3.8, 4) is 28.3 Å². The minimum absolute atomic E-state index is 0.488. The molecule has 1 aromatic carbocycles. The third-order valence-corrected chi connectivity index (χ3v) is 4.93. The highest BCUT2D eigenvalue weighted by Crippen LogP contribution is 2.38. The van der Waals surface area contributed by atoms with E-state index in [-0.39, 0.29) is 0 Å². The summed E-state index contributed by atoms with van der Waals surface area (Å²) in [6.07, 6.45) is 3.56. The lowest BCUT2D eigenvalue weighted by atomic mass is 10.1. The van der Waals surface area contributed by atoms with Gasteiger partial charge >= 0.3 is 0 Å². The molecule has 0 atom stereocenters. The zero-order valence-corrected chi connectivity index (χ0v) is 15.1. The Bertz CT molecular complexity index is 1020. The Morgan fingerprint density at radius 1 is 0.962 bits per heavy atom. The number of benzene rings is 1. The van der Waals surface area contributed by atoms with Crippen molar-refractivity contribution in [3.63, 3.8) is 0 Å². The summed E-state index contributed by atoms with van der Waals surface area (Å²) in [5.74, 6) is 0.780. The smallest absolute Gasteiger partial charge is 0.128 e. The van der Waals surface area contributed by atoms with Crippen LogP contribution < -0.4 is 4.74 Å². The number of hydrogen-bond acceptors (Lipinski definition) is 6. The Kier molecular flexibility index (Phi) is 4.86. The summed E-state index contributed by atoms with van der Waals surface area (Å²) < 4.78 is 12.0. The summed E-state index contributed by atoms with van der Waals surface area (Å²) in [7, 11) is 1.66. The van der Waals surface area contributed by atoms with Crippen LogP contribution in [0.5, 0.6) is 5.75 Å². The fourth-order valence-corrected chi connectivity index (χ4v) is 3.69. The number of thiophene rings is 1. The molecule has 4 aromatic rings. The lowest BCUT2D eigenvalue weighted by Gasteiger charge is -2.12. The van der Waals surface area contributed by atoms with Crippen LogP contribution in [0.25, 0.3) is 32.6 Å². The Labute approximate surface area is 155 Å². The Hall–Kier alpha value is -2.83. The van der Waals surface area contributed by atoms with Crippen molar-refractivity contribution < 1.29 is 9.47 Å². The van der Waals surface area contributed by atoms with Crippen LogP contribution in [0.2, 0.25) is 0 Å². The molecule has 5 nitrogen and oxygen atoms in total. The number of para-hydroxylation sites is 1. The molecule has 0 aliphatic rings. The maximum Gasteiger partial charge on any atom is 0.128 e. The standard InChI is InChI=1S/C20H17N3O2S/c1-24-10-11-25-17-7-3-2-6-15(17)19-20-16(8-12-26-20)18(22-23-19)14-5-4-9-21-13-14/h2-9,12-13H,10-11H2,1H3. The van der Waals surface area contributed by atoms with Gasteiger partial charge in [-0.05, 0) is 35.7 Å². The van der Waals surface area contributed by atoms with Gasteiger partial charge in [-0.1, -0.05) is 12.1 Å². The molecule has 0 fully saturated rings. The number of aromatic nitrogens is 3. The van der Waals surface area contributed by atoms with Crippen LogP contribution in [-0.4, -0.2) is 35.5 Å². The Morgan fingerprint density at radius 2 is 1.85 bits per heavy atom. The SMILES string of the molecule is COCCOc1ccccc1-c1nnc(-c2cccnc2)c2ccsc12. The topological polar surface area (TPSA) is 57.1 Å². The molecule has 130 valence electrons. The van der Waals surface area contributed by atoms with Crippen molar-refractivity contribution in [1.82, 2.24) is 15.2 Å². The fraction of sp³-hybridized carbons (Fsp3) is 0.150. The van der Waals surface area contributed by atoms with E-state index in [1.165, 1.54) is 0 Å². The summed E-state index contributed by atoms with van der Waals surface area (Å²) in [5, 5.41) is 12.2. The molecule has 4 rings (SSSR count). The zero-order valence-electron chi connectivity index (χ0n) is 14.3. The van der Waals surface area contributed by atoms with E-state index in [0.29, 0.717) is 13.2 Å². The second-order valence-corrected chi connectivity index (χ2v) is 6.56. The van der Waals surface area contributed by atoms with E-state index in [4.69, 9.17) is 9.47 Å². The molecule has 0 aliphatic heterocycles. The van der Waals surface area contributed by atoms with Gasteiger partial charge in [-0.25, -0.2) is 0 Å². The highest BCUT2D eigenvalue weighted by molar-refractivity contribution is 7.17. The first kappa shape index (κ1) is 16.6. The van der Waals surface area contributed by atoms with E-state index in [1.807, 2.05) is 42.6 Å². The number of nitrogens with zero attached hydrogens (tertiary/aromatic N) is 3. The van der Waals surface area contributed by atoms with E-state index in [2.05, 4.69) is 26.6 Å². The summed E-state index contributed by atoms with van der Waals surface area (Å²) in [5.41, 5.74) is 3.56. The monoisotopic (exact) mass is 363 g/mol. The largest absolute Gasteiger partial charge is 0.490 e. The fourth-order valence-electron chi connectivity index (χ4n) is 2.79. The van der Waals surface area contributed by atoms with Gasteiger partial charge in [0.2, 0.25) is 0 Å². The average Bonchev–Trinajstić information content (AvgIpc) is 3.19. The lowest BCUT2D eigenvalue weighted by Crippen LogP contribution is -2.05. The molecule has 0 radical (unpaired) electrons. The first-order chi connectivity index (χ1) is 12.9. The van der Waals surface area contributed by atoms with Crippen LogP contribution in [0.3, 0.4) is 0 Å². The zero-order chi connectivity index (χ0) is 17.8. The van der Waals surface area contributed by atoms with Crippen LogP contribution in [0.4, 0.5) is 0 Å². The number of rotatable bonds is 6. The van der Waals surface area contributed by atoms with Gasteiger partial charge in [0.15, 0.2) is 0 Å². The molecule has 0 spiro atoms. The molecule has 0 saturated carbocycles. The van der Waals surface area contributed by atoms with E-state index >= 15 is 0 Å². The molecule has 0 unspecified atom stereocenters. The molecule has 0 saturated heterocycles. The first-order valence-corrected chi connectivity index (χ1v) is 9.12. The van der Waals surface area contributed by atoms with Crippen molar-refractivity contribution in [2.45, 2.75) is 0 Å². The Morgan fingerprint density at radius 3 is 2.69 bits per heavy atom. The van der Waals surface area contributed by atoms with E-state index in [1.54, 1.807) is 24.6 Å². The quantitative estimate of drug-likeness (QED) is 0.474. The third kappa shape index (κ3) is 3.16. The molecule has 26 heavy (non-hydrogen) atoms.